The summed E-state index contributed by atoms with van der Waals surface area (Å²) in [5, 5.41) is 6.97. The summed E-state index contributed by atoms with van der Waals surface area (Å²) in [5.41, 5.74) is 0. The molecule has 2 rings (SSSR count). The number of morpholine rings is 1. The van der Waals surface area contributed by atoms with Crippen molar-refractivity contribution >= 4 is 0 Å². The Balaban J connectivity index is 1.89. The molecule has 1 fully saturated rings. The van der Waals surface area contributed by atoms with E-state index < -0.39 is 0 Å². The van der Waals surface area contributed by atoms with Gasteiger partial charge in [-0.25, -0.2) is 0 Å². The Morgan fingerprint density at radius 1 is 1.62 bits per heavy atom. The highest BCUT2D eigenvalue weighted by atomic mass is 16.5. The Kier molecular flexibility index (Phi) is 2.56. The highest BCUT2D eigenvalue weighted by Crippen LogP contribution is 2.05. The zero-order valence-electron chi connectivity index (χ0n) is 7.62. The van der Waals surface area contributed by atoms with E-state index in [9.17, 15) is 0 Å². The molecule has 2 heterocycles. The minimum Gasteiger partial charge on any atom is -0.375 e. The first-order chi connectivity index (χ1) is 6.34. The molecule has 1 N–H and O–H groups in total. The van der Waals surface area contributed by atoms with Crippen LogP contribution in [0.5, 0.6) is 0 Å². The van der Waals surface area contributed by atoms with Gasteiger partial charge in [0.15, 0.2) is 5.82 Å². The smallest absolute Gasteiger partial charge is 0.229 e. The van der Waals surface area contributed by atoms with Crippen LogP contribution in [0.4, 0.5) is 0 Å². The van der Waals surface area contributed by atoms with E-state index in [0.29, 0.717) is 18.1 Å². The van der Waals surface area contributed by atoms with Crippen LogP contribution in [0.25, 0.3) is 0 Å². The standard InChI is InChI=1S/C8H13N3O2/c1-6-10-8(13-11-6)4-7-5-9-2-3-12-7/h7,9H,2-5H2,1H3. The molecule has 0 aromatic carbocycles. The van der Waals surface area contributed by atoms with Crippen LogP contribution in [-0.4, -0.2) is 35.9 Å². The molecule has 1 aliphatic rings. The number of hydrogen-bond acceptors (Lipinski definition) is 5. The van der Waals surface area contributed by atoms with Gasteiger partial charge in [-0.1, -0.05) is 5.16 Å². The van der Waals surface area contributed by atoms with Gasteiger partial charge < -0.3 is 14.6 Å². The van der Waals surface area contributed by atoms with Crippen LogP contribution in [0, 0.1) is 6.92 Å². The van der Waals surface area contributed by atoms with E-state index in [0.717, 1.165) is 19.7 Å². The van der Waals surface area contributed by atoms with E-state index in [1.165, 1.54) is 0 Å². The molecule has 1 atom stereocenters. The monoisotopic (exact) mass is 183 g/mol. The van der Waals surface area contributed by atoms with Crippen LogP contribution in [0.3, 0.4) is 0 Å². The summed E-state index contributed by atoms with van der Waals surface area (Å²) in [6.45, 7) is 4.37. The van der Waals surface area contributed by atoms with Crippen molar-refractivity contribution in [1.29, 1.82) is 0 Å². The molecule has 1 aliphatic heterocycles. The van der Waals surface area contributed by atoms with Crippen molar-refractivity contribution in [2.75, 3.05) is 19.7 Å². The van der Waals surface area contributed by atoms with Gasteiger partial charge in [-0.3, -0.25) is 0 Å². The highest BCUT2D eigenvalue weighted by Gasteiger charge is 2.16. The Labute approximate surface area is 76.5 Å². The van der Waals surface area contributed by atoms with Gasteiger partial charge in [-0.2, -0.15) is 4.98 Å². The third-order valence-electron chi connectivity index (χ3n) is 1.98. The van der Waals surface area contributed by atoms with Crippen LogP contribution in [0.1, 0.15) is 11.7 Å². The maximum Gasteiger partial charge on any atom is 0.229 e. The second-order valence-electron chi connectivity index (χ2n) is 3.14. The lowest BCUT2D eigenvalue weighted by molar-refractivity contribution is 0.0246. The molecule has 1 aromatic heterocycles. The largest absolute Gasteiger partial charge is 0.375 e. The zero-order valence-corrected chi connectivity index (χ0v) is 7.62. The number of nitrogens with one attached hydrogen (secondary N) is 1. The van der Waals surface area contributed by atoms with E-state index in [4.69, 9.17) is 9.26 Å². The van der Waals surface area contributed by atoms with Gasteiger partial charge in [0.25, 0.3) is 0 Å². The van der Waals surface area contributed by atoms with Crippen molar-refractivity contribution in [3.63, 3.8) is 0 Å². The molecule has 1 aromatic rings. The topological polar surface area (TPSA) is 60.2 Å². The SMILES string of the molecule is Cc1noc(CC2CNCCO2)n1. The summed E-state index contributed by atoms with van der Waals surface area (Å²) < 4.78 is 10.5. The lowest BCUT2D eigenvalue weighted by Gasteiger charge is -2.21. The van der Waals surface area contributed by atoms with E-state index in [1.807, 2.05) is 6.92 Å². The predicted molar refractivity (Wildman–Crippen MR) is 45.3 cm³/mol. The molecule has 13 heavy (non-hydrogen) atoms. The van der Waals surface area contributed by atoms with Crippen LogP contribution in [0.2, 0.25) is 0 Å². The summed E-state index contributed by atoms with van der Waals surface area (Å²) in [7, 11) is 0. The minimum atomic E-state index is 0.175. The van der Waals surface area contributed by atoms with Crippen LogP contribution in [-0.2, 0) is 11.2 Å². The summed E-state index contributed by atoms with van der Waals surface area (Å²) in [6.07, 6.45) is 0.877. The maximum atomic E-state index is 5.50. The number of rotatable bonds is 2. The molecular weight excluding hydrogens is 170 g/mol. The van der Waals surface area contributed by atoms with Crippen molar-refractivity contribution in [1.82, 2.24) is 15.5 Å². The van der Waals surface area contributed by atoms with Gasteiger partial charge in [0.05, 0.1) is 19.1 Å². The average molecular weight is 183 g/mol. The Morgan fingerprint density at radius 3 is 3.15 bits per heavy atom. The maximum absolute atomic E-state index is 5.50. The second-order valence-corrected chi connectivity index (χ2v) is 3.14. The number of nitrogens with zero attached hydrogens (tertiary/aromatic N) is 2. The van der Waals surface area contributed by atoms with E-state index >= 15 is 0 Å². The van der Waals surface area contributed by atoms with E-state index in [1.54, 1.807) is 0 Å². The summed E-state index contributed by atoms with van der Waals surface area (Å²) in [5.74, 6) is 1.34. The molecule has 5 heteroatoms. The molecule has 72 valence electrons. The summed E-state index contributed by atoms with van der Waals surface area (Å²) >= 11 is 0. The normalized spacial score (nSPS) is 23.3. The molecule has 1 saturated heterocycles. The second kappa shape index (κ2) is 3.85. The first kappa shape index (κ1) is 8.65. The van der Waals surface area contributed by atoms with E-state index in [-0.39, 0.29) is 6.10 Å². The average Bonchev–Trinajstić information content (AvgIpc) is 2.53. The van der Waals surface area contributed by atoms with Gasteiger partial charge >= 0.3 is 0 Å². The lowest BCUT2D eigenvalue weighted by atomic mass is 10.2. The predicted octanol–water partition coefficient (Wildman–Crippen LogP) is -0.0911. The van der Waals surface area contributed by atoms with Gasteiger partial charge in [0, 0.05) is 13.1 Å². The first-order valence-electron chi connectivity index (χ1n) is 4.46. The van der Waals surface area contributed by atoms with E-state index in [2.05, 4.69) is 15.5 Å². The van der Waals surface area contributed by atoms with Gasteiger partial charge in [-0.05, 0) is 6.92 Å². The molecular formula is C8H13N3O2. The summed E-state index contributed by atoms with van der Waals surface area (Å²) in [6, 6.07) is 0. The summed E-state index contributed by atoms with van der Waals surface area (Å²) in [4.78, 5) is 4.12. The molecule has 0 spiro atoms. The number of hydrogen-bond donors (Lipinski definition) is 1. The Bertz CT molecular complexity index is 268. The fraction of sp³-hybridized carbons (Fsp3) is 0.750. The van der Waals surface area contributed by atoms with Crippen molar-refractivity contribution in [2.24, 2.45) is 0 Å². The van der Waals surface area contributed by atoms with Gasteiger partial charge in [0.2, 0.25) is 5.89 Å². The van der Waals surface area contributed by atoms with Crippen molar-refractivity contribution < 1.29 is 9.26 Å². The lowest BCUT2D eigenvalue weighted by Crippen LogP contribution is -2.39. The zero-order chi connectivity index (χ0) is 9.10. The highest BCUT2D eigenvalue weighted by molar-refractivity contribution is 4.86. The number of aryl methyl sites for hydroxylation is 1. The Hall–Kier alpha value is -0.940. The third-order valence-corrected chi connectivity index (χ3v) is 1.98. The number of aromatic nitrogens is 2. The fourth-order valence-electron chi connectivity index (χ4n) is 1.37. The first-order valence-corrected chi connectivity index (χ1v) is 4.46. The van der Waals surface area contributed by atoms with Gasteiger partial charge in [0.1, 0.15) is 0 Å². The van der Waals surface area contributed by atoms with Gasteiger partial charge in [-0.15, -0.1) is 0 Å². The van der Waals surface area contributed by atoms with Crippen molar-refractivity contribution in [3.8, 4) is 0 Å². The fourth-order valence-corrected chi connectivity index (χ4v) is 1.37. The quantitative estimate of drug-likeness (QED) is 0.694. The minimum absolute atomic E-state index is 0.175. The Morgan fingerprint density at radius 2 is 2.54 bits per heavy atom. The molecule has 0 saturated carbocycles. The van der Waals surface area contributed by atoms with Crippen LogP contribution >= 0.6 is 0 Å². The molecule has 5 nitrogen and oxygen atoms in total. The molecule has 0 radical (unpaired) electrons. The number of ether oxygens (including phenoxy) is 1. The molecule has 0 aliphatic carbocycles. The molecule has 0 amide bonds. The van der Waals surface area contributed by atoms with Crippen LogP contribution in [0.15, 0.2) is 4.52 Å². The molecule has 0 bridgehead atoms. The van der Waals surface area contributed by atoms with Crippen molar-refractivity contribution in [2.45, 2.75) is 19.4 Å². The third kappa shape index (κ3) is 2.26. The van der Waals surface area contributed by atoms with Crippen molar-refractivity contribution in [3.05, 3.63) is 11.7 Å². The van der Waals surface area contributed by atoms with Crippen LogP contribution < -0.4 is 5.32 Å². The molecule has 1 unspecified atom stereocenters.